The third kappa shape index (κ3) is 3.28. The Bertz CT molecular complexity index is 431. The van der Waals surface area contributed by atoms with Gasteiger partial charge in [-0.25, -0.2) is 0 Å². The number of carboxylic acid groups (broad SMARTS) is 1. The number of carbonyl (C=O) groups excluding carboxylic acids is 1. The van der Waals surface area contributed by atoms with Gasteiger partial charge in [-0.1, -0.05) is 28.1 Å². The van der Waals surface area contributed by atoms with E-state index in [0.717, 1.165) is 9.13 Å². The molecule has 86 valence electrons. The van der Waals surface area contributed by atoms with Crippen molar-refractivity contribution in [1.82, 2.24) is 0 Å². The first-order valence-electron chi connectivity index (χ1n) is 4.57. The molecule has 0 aliphatic carbocycles. The average molecular weight is 397 g/mol. The average Bonchev–Trinajstić information content (AvgIpc) is 2.16. The van der Waals surface area contributed by atoms with Crippen molar-refractivity contribution in [3.8, 4) is 0 Å². The van der Waals surface area contributed by atoms with E-state index in [1.54, 1.807) is 12.1 Å². The molecule has 0 radical (unpaired) electrons. The molecule has 1 aromatic rings. The number of ketones is 1. The maximum atomic E-state index is 11.3. The third-order valence-corrected chi connectivity index (χ3v) is 4.14. The second-order valence-corrected chi connectivity index (χ2v) is 5.43. The molecule has 0 aliphatic rings. The van der Waals surface area contributed by atoms with Gasteiger partial charge in [0.2, 0.25) is 0 Å². The van der Waals surface area contributed by atoms with Gasteiger partial charge in [0, 0.05) is 3.57 Å². The molecule has 5 heteroatoms. The number of carboxylic acids is 1. The number of rotatable bonds is 4. The summed E-state index contributed by atoms with van der Waals surface area (Å²) in [6, 6.07) is 5.39. The number of alkyl halides is 1. The van der Waals surface area contributed by atoms with Gasteiger partial charge in [0.15, 0.2) is 0 Å². The summed E-state index contributed by atoms with van der Waals surface area (Å²) in [5.41, 5.74) is 1.44. The number of hydrogen-bond acceptors (Lipinski definition) is 2. The predicted octanol–water partition coefficient (Wildman–Crippen LogP) is 2.94. The molecule has 0 spiro atoms. The van der Waals surface area contributed by atoms with Gasteiger partial charge in [0.1, 0.15) is 5.78 Å². The number of benzene rings is 1. The lowest BCUT2D eigenvalue weighted by molar-refractivity contribution is -0.136. The molecule has 16 heavy (non-hydrogen) atoms. The Morgan fingerprint density at radius 1 is 1.50 bits per heavy atom. The molecule has 1 rings (SSSR count). The summed E-state index contributed by atoms with van der Waals surface area (Å²) >= 11 is 5.40. The van der Waals surface area contributed by atoms with Gasteiger partial charge < -0.3 is 5.11 Å². The Labute approximate surface area is 116 Å². The molecule has 3 nitrogen and oxygen atoms in total. The molecular formula is C11H10BrIO3. The highest BCUT2D eigenvalue weighted by atomic mass is 127. The number of carbonyl (C=O) groups is 2. The van der Waals surface area contributed by atoms with Gasteiger partial charge in [0.05, 0.1) is 11.2 Å². The molecule has 1 atom stereocenters. The second-order valence-electron chi connectivity index (χ2n) is 3.36. The minimum atomic E-state index is -0.897. The summed E-state index contributed by atoms with van der Waals surface area (Å²) in [6.07, 6.45) is -0.0679. The van der Waals surface area contributed by atoms with E-state index in [9.17, 15) is 9.59 Å². The molecule has 0 amide bonds. The van der Waals surface area contributed by atoms with Crippen LogP contribution in [0.4, 0.5) is 0 Å². The van der Waals surface area contributed by atoms with Crippen molar-refractivity contribution in [2.75, 3.05) is 0 Å². The lowest BCUT2D eigenvalue weighted by Crippen LogP contribution is -2.10. The van der Waals surface area contributed by atoms with Crippen LogP contribution < -0.4 is 0 Å². The van der Waals surface area contributed by atoms with Gasteiger partial charge >= 0.3 is 5.97 Å². The summed E-state index contributed by atoms with van der Waals surface area (Å²) in [5.74, 6) is -0.928. The predicted molar refractivity (Wildman–Crippen MR) is 72.8 cm³/mol. The Morgan fingerprint density at radius 2 is 2.12 bits per heavy atom. The monoisotopic (exact) mass is 396 g/mol. The van der Waals surface area contributed by atoms with Crippen LogP contribution in [-0.2, 0) is 16.0 Å². The maximum Gasteiger partial charge on any atom is 0.307 e. The van der Waals surface area contributed by atoms with Gasteiger partial charge in [-0.05, 0) is 46.7 Å². The topological polar surface area (TPSA) is 54.4 Å². The highest BCUT2D eigenvalue weighted by Crippen LogP contribution is 2.31. The highest BCUT2D eigenvalue weighted by Gasteiger charge is 2.20. The van der Waals surface area contributed by atoms with Crippen molar-refractivity contribution >= 4 is 50.3 Å². The van der Waals surface area contributed by atoms with Crippen LogP contribution in [0.1, 0.15) is 22.9 Å². The van der Waals surface area contributed by atoms with Crippen LogP contribution in [0.2, 0.25) is 0 Å². The third-order valence-electron chi connectivity index (χ3n) is 2.10. The number of hydrogen-bond donors (Lipinski definition) is 1. The normalized spacial score (nSPS) is 12.2. The number of Topliss-reactive ketones (excluding diaryl/α,β-unsaturated/α-hetero) is 1. The summed E-state index contributed by atoms with van der Waals surface area (Å²) in [4.78, 5) is 21.6. The van der Waals surface area contributed by atoms with E-state index in [2.05, 4.69) is 38.5 Å². The van der Waals surface area contributed by atoms with Crippen molar-refractivity contribution in [2.45, 2.75) is 18.2 Å². The molecule has 0 saturated heterocycles. The van der Waals surface area contributed by atoms with Crippen LogP contribution in [0, 0.1) is 3.57 Å². The van der Waals surface area contributed by atoms with E-state index in [-0.39, 0.29) is 12.2 Å². The van der Waals surface area contributed by atoms with Gasteiger partial charge in [-0.3, -0.25) is 9.59 Å². The fraction of sp³-hybridized carbons (Fsp3) is 0.273. The van der Waals surface area contributed by atoms with Gasteiger partial charge in [-0.15, -0.1) is 0 Å². The van der Waals surface area contributed by atoms with Crippen LogP contribution in [0.25, 0.3) is 0 Å². The van der Waals surface area contributed by atoms with Crippen molar-refractivity contribution in [1.29, 1.82) is 0 Å². The molecular weight excluding hydrogens is 387 g/mol. The van der Waals surface area contributed by atoms with Crippen LogP contribution in [0.15, 0.2) is 18.2 Å². The maximum absolute atomic E-state index is 11.3. The number of aliphatic carboxylic acids is 1. The molecule has 1 aromatic carbocycles. The van der Waals surface area contributed by atoms with Crippen molar-refractivity contribution < 1.29 is 14.7 Å². The quantitative estimate of drug-likeness (QED) is 0.628. The first-order valence-corrected chi connectivity index (χ1v) is 6.56. The molecule has 0 aliphatic heterocycles. The highest BCUT2D eigenvalue weighted by molar-refractivity contribution is 14.1. The minimum absolute atomic E-state index is 0.0317. The van der Waals surface area contributed by atoms with Crippen LogP contribution >= 0.6 is 38.5 Å². The van der Waals surface area contributed by atoms with E-state index in [1.807, 2.05) is 6.07 Å². The summed E-state index contributed by atoms with van der Waals surface area (Å²) < 4.78 is 0.897. The molecule has 0 fully saturated rings. The van der Waals surface area contributed by atoms with E-state index in [4.69, 9.17) is 5.11 Å². The fourth-order valence-corrected chi connectivity index (χ4v) is 3.22. The Morgan fingerprint density at radius 3 is 2.62 bits per heavy atom. The zero-order valence-electron chi connectivity index (χ0n) is 8.54. The van der Waals surface area contributed by atoms with E-state index in [1.165, 1.54) is 6.92 Å². The van der Waals surface area contributed by atoms with Crippen LogP contribution in [0.5, 0.6) is 0 Å². The fourth-order valence-electron chi connectivity index (χ4n) is 1.39. The molecule has 0 heterocycles. The van der Waals surface area contributed by atoms with Crippen molar-refractivity contribution in [3.05, 3.63) is 32.9 Å². The summed E-state index contributed by atoms with van der Waals surface area (Å²) in [5, 5.41) is 8.80. The first-order chi connectivity index (χ1) is 7.43. The molecule has 1 unspecified atom stereocenters. The van der Waals surface area contributed by atoms with Gasteiger partial charge in [-0.2, -0.15) is 0 Å². The standard InChI is InChI=1S/C11H10BrIO3/c1-6(14)11(12)10-7(5-9(15)16)3-2-4-8(10)13/h2-4,11H,5H2,1H3,(H,15,16). The Hall–Kier alpha value is -0.430. The van der Waals surface area contributed by atoms with Crippen LogP contribution in [-0.4, -0.2) is 16.9 Å². The van der Waals surface area contributed by atoms with E-state index in [0.29, 0.717) is 5.56 Å². The van der Waals surface area contributed by atoms with E-state index >= 15 is 0 Å². The molecule has 1 N–H and O–H groups in total. The lowest BCUT2D eigenvalue weighted by atomic mass is 10.0. The first kappa shape index (κ1) is 13.6. The summed E-state index contributed by atoms with van der Waals surface area (Å²) in [6.45, 7) is 1.48. The minimum Gasteiger partial charge on any atom is -0.481 e. The zero-order valence-corrected chi connectivity index (χ0v) is 12.3. The van der Waals surface area contributed by atoms with Crippen LogP contribution in [0.3, 0.4) is 0 Å². The molecule has 0 saturated carbocycles. The second kappa shape index (κ2) is 5.77. The SMILES string of the molecule is CC(=O)C(Br)c1c(I)cccc1CC(=O)O. The smallest absolute Gasteiger partial charge is 0.307 e. The molecule has 0 aromatic heterocycles. The molecule has 0 bridgehead atoms. The van der Waals surface area contributed by atoms with E-state index < -0.39 is 10.8 Å². The zero-order chi connectivity index (χ0) is 12.3. The van der Waals surface area contributed by atoms with Crippen molar-refractivity contribution in [2.24, 2.45) is 0 Å². The largest absolute Gasteiger partial charge is 0.481 e. The Kier molecular flexibility index (Phi) is 4.91. The Balaban J connectivity index is 3.22. The summed E-state index contributed by atoms with van der Waals surface area (Å²) in [7, 11) is 0. The van der Waals surface area contributed by atoms with Crippen molar-refractivity contribution in [3.63, 3.8) is 0 Å². The number of halogens is 2. The van der Waals surface area contributed by atoms with Gasteiger partial charge in [0.25, 0.3) is 0 Å². The lowest BCUT2D eigenvalue weighted by Gasteiger charge is -2.13.